The van der Waals surface area contributed by atoms with Crippen LogP contribution in [-0.4, -0.2) is 23.8 Å². The lowest BCUT2D eigenvalue weighted by Crippen LogP contribution is -2.60. The molecule has 1 aromatic carbocycles. The molecule has 1 aliphatic rings. The van der Waals surface area contributed by atoms with Crippen molar-refractivity contribution >= 4 is 5.69 Å². The van der Waals surface area contributed by atoms with E-state index in [1.54, 1.807) is 0 Å². The molecule has 0 aliphatic carbocycles. The van der Waals surface area contributed by atoms with Crippen molar-refractivity contribution in [1.82, 2.24) is 0 Å². The van der Waals surface area contributed by atoms with Crippen molar-refractivity contribution in [3.8, 4) is 6.07 Å². The van der Waals surface area contributed by atoms with Gasteiger partial charge in [0.2, 0.25) is 0 Å². The van der Waals surface area contributed by atoms with Crippen LogP contribution < -0.4 is 4.90 Å². The lowest BCUT2D eigenvalue weighted by Gasteiger charge is -2.46. The first-order valence-corrected chi connectivity index (χ1v) is 5.00. The maximum Gasteiger partial charge on any atom is 0.101 e. The second-order valence-electron chi connectivity index (χ2n) is 4.44. The molecule has 2 rings (SSSR count). The van der Waals surface area contributed by atoms with Gasteiger partial charge in [-0.1, -0.05) is 12.1 Å². The molecule has 1 aliphatic heterocycles. The van der Waals surface area contributed by atoms with Gasteiger partial charge < -0.3 is 10.0 Å². The summed E-state index contributed by atoms with van der Waals surface area (Å²) in [4.78, 5) is 2.05. The zero-order chi connectivity index (χ0) is 11.1. The molecule has 0 amide bonds. The molecule has 0 aromatic heterocycles. The van der Waals surface area contributed by atoms with Crippen molar-refractivity contribution in [1.29, 1.82) is 5.26 Å². The zero-order valence-electron chi connectivity index (χ0n) is 8.99. The highest BCUT2D eigenvalue weighted by molar-refractivity contribution is 5.65. The number of nitriles is 1. The summed E-state index contributed by atoms with van der Waals surface area (Å²) >= 11 is 0. The zero-order valence-corrected chi connectivity index (χ0v) is 8.99. The minimum atomic E-state index is -0.602. The van der Waals surface area contributed by atoms with Gasteiger partial charge in [-0.3, -0.25) is 0 Å². The topological polar surface area (TPSA) is 47.3 Å². The third kappa shape index (κ3) is 1.69. The fraction of sp³-hybridized carbons (Fsp3) is 0.417. The third-order valence-electron chi connectivity index (χ3n) is 2.74. The van der Waals surface area contributed by atoms with Gasteiger partial charge in [0.15, 0.2) is 0 Å². The van der Waals surface area contributed by atoms with Gasteiger partial charge in [0.1, 0.15) is 6.07 Å². The third-order valence-corrected chi connectivity index (χ3v) is 2.74. The molecule has 0 atom stereocenters. The average Bonchev–Trinajstić information content (AvgIpc) is 2.13. The summed E-state index contributed by atoms with van der Waals surface area (Å²) in [5, 5.41) is 18.7. The standard InChI is InChI=1S/C12H14N2O/c1-9-4-3-5-10(6-13)11(9)14-7-12(2,15)8-14/h3-5,15H,7-8H2,1-2H3. The normalized spacial score (nSPS) is 18.1. The van der Waals surface area contributed by atoms with Gasteiger partial charge in [0.05, 0.1) is 16.9 Å². The molecule has 0 unspecified atom stereocenters. The van der Waals surface area contributed by atoms with Crippen LogP contribution in [0, 0.1) is 18.3 Å². The number of nitrogens with zero attached hydrogens (tertiary/aromatic N) is 2. The molecule has 1 N–H and O–H groups in total. The van der Waals surface area contributed by atoms with Gasteiger partial charge in [-0.15, -0.1) is 0 Å². The Bertz CT molecular complexity index is 424. The lowest BCUT2D eigenvalue weighted by atomic mass is 9.94. The first kappa shape index (κ1) is 10.0. The summed E-state index contributed by atoms with van der Waals surface area (Å²) in [5.41, 5.74) is 2.14. The Morgan fingerprint density at radius 2 is 2.13 bits per heavy atom. The Kier molecular flexibility index (Phi) is 2.17. The molecule has 0 bridgehead atoms. The predicted octanol–water partition coefficient (Wildman–Crippen LogP) is 1.44. The van der Waals surface area contributed by atoms with Crippen LogP contribution in [0.25, 0.3) is 0 Å². The summed E-state index contributed by atoms with van der Waals surface area (Å²) in [6.07, 6.45) is 0. The van der Waals surface area contributed by atoms with Crippen molar-refractivity contribution in [3.63, 3.8) is 0 Å². The van der Waals surface area contributed by atoms with Crippen LogP contribution >= 0.6 is 0 Å². The molecule has 0 spiro atoms. The van der Waals surface area contributed by atoms with Crippen LogP contribution in [0.15, 0.2) is 18.2 Å². The monoisotopic (exact) mass is 202 g/mol. The van der Waals surface area contributed by atoms with Crippen LogP contribution in [0.4, 0.5) is 5.69 Å². The number of benzene rings is 1. The first-order chi connectivity index (χ1) is 7.03. The predicted molar refractivity (Wildman–Crippen MR) is 58.7 cm³/mol. The van der Waals surface area contributed by atoms with Crippen LogP contribution in [-0.2, 0) is 0 Å². The summed E-state index contributed by atoms with van der Waals surface area (Å²) in [7, 11) is 0. The summed E-state index contributed by atoms with van der Waals surface area (Å²) in [5.74, 6) is 0. The minimum absolute atomic E-state index is 0.602. The van der Waals surface area contributed by atoms with Crippen molar-refractivity contribution in [3.05, 3.63) is 29.3 Å². The van der Waals surface area contributed by atoms with Crippen LogP contribution in [0.3, 0.4) is 0 Å². The smallest absolute Gasteiger partial charge is 0.101 e. The second kappa shape index (κ2) is 3.25. The molecular weight excluding hydrogens is 188 g/mol. The first-order valence-electron chi connectivity index (χ1n) is 5.00. The Hall–Kier alpha value is -1.53. The van der Waals surface area contributed by atoms with Gasteiger partial charge in [-0.2, -0.15) is 5.26 Å². The van der Waals surface area contributed by atoms with E-state index < -0.39 is 5.60 Å². The maximum absolute atomic E-state index is 9.67. The van der Waals surface area contributed by atoms with Gasteiger partial charge in [-0.05, 0) is 25.5 Å². The highest BCUT2D eigenvalue weighted by Crippen LogP contribution is 2.32. The quantitative estimate of drug-likeness (QED) is 0.749. The van der Waals surface area contributed by atoms with Gasteiger partial charge in [-0.25, -0.2) is 0 Å². The molecule has 3 nitrogen and oxygen atoms in total. The molecular formula is C12H14N2O. The van der Waals surface area contributed by atoms with Gasteiger partial charge in [0.25, 0.3) is 0 Å². The van der Waals surface area contributed by atoms with E-state index in [4.69, 9.17) is 5.26 Å². The minimum Gasteiger partial charge on any atom is -0.386 e. The van der Waals surface area contributed by atoms with Crippen molar-refractivity contribution in [2.75, 3.05) is 18.0 Å². The molecule has 1 fully saturated rings. The number of hydrogen-bond donors (Lipinski definition) is 1. The van der Waals surface area contributed by atoms with E-state index >= 15 is 0 Å². The molecule has 1 aromatic rings. The van der Waals surface area contributed by atoms with Gasteiger partial charge in [0, 0.05) is 13.1 Å². The molecule has 1 heterocycles. The molecule has 0 radical (unpaired) electrons. The molecule has 15 heavy (non-hydrogen) atoms. The van der Waals surface area contributed by atoms with Crippen molar-refractivity contribution < 1.29 is 5.11 Å². The van der Waals surface area contributed by atoms with E-state index in [2.05, 4.69) is 6.07 Å². The fourth-order valence-electron chi connectivity index (χ4n) is 2.10. The molecule has 3 heteroatoms. The fourth-order valence-corrected chi connectivity index (χ4v) is 2.10. The number of para-hydroxylation sites is 1. The van der Waals surface area contributed by atoms with E-state index in [0.29, 0.717) is 18.7 Å². The Morgan fingerprint density at radius 1 is 1.47 bits per heavy atom. The number of aryl methyl sites for hydroxylation is 1. The summed E-state index contributed by atoms with van der Waals surface area (Å²) in [6.45, 7) is 5.01. The average molecular weight is 202 g/mol. The summed E-state index contributed by atoms with van der Waals surface area (Å²) in [6, 6.07) is 7.88. The van der Waals surface area contributed by atoms with Crippen molar-refractivity contribution in [2.24, 2.45) is 0 Å². The Morgan fingerprint density at radius 3 is 2.67 bits per heavy atom. The highest BCUT2D eigenvalue weighted by atomic mass is 16.3. The SMILES string of the molecule is Cc1cccc(C#N)c1N1CC(C)(O)C1. The van der Waals surface area contributed by atoms with Crippen LogP contribution in [0.1, 0.15) is 18.1 Å². The molecule has 1 saturated heterocycles. The summed E-state index contributed by atoms with van der Waals surface area (Å²) < 4.78 is 0. The number of rotatable bonds is 1. The van der Waals surface area contributed by atoms with E-state index in [1.807, 2.05) is 36.9 Å². The van der Waals surface area contributed by atoms with E-state index in [1.165, 1.54) is 0 Å². The number of β-amino-alcohol motifs (C(OH)–C–C–N with tert-alkyl or cyclic N) is 1. The largest absolute Gasteiger partial charge is 0.386 e. The Labute approximate surface area is 89.6 Å². The second-order valence-corrected chi connectivity index (χ2v) is 4.44. The van der Waals surface area contributed by atoms with E-state index in [9.17, 15) is 5.11 Å². The number of hydrogen-bond acceptors (Lipinski definition) is 3. The molecule has 78 valence electrons. The number of aliphatic hydroxyl groups is 1. The highest BCUT2D eigenvalue weighted by Gasteiger charge is 2.37. The lowest BCUT2D eigenvalue weighted by molar-refractivity contribution is 0.0309. The number of anilines is 1. The van der Waals surface area contributed by atoms with E-state index in [-0.39, 0.29) is 0 Å². The van der Waals surface area contributed by atoms with Crippen LogP contribution in [0.5, 0.6) is 0 Å². The Balaban J connectivity index is 2.34. The van der Waals surface area contributed by atoms with Gasteiger partial charge >= 0.3 is 0 Å². The maximum atomic E-state index is 9.67. The van der Waals surface area contributed by atoms with Crippen molar-refractivity contribution in [2.45, 2.75) is 19.4 Å². The molecule has 0 saturated carbocycles. The van der Waals surface area contributed by atoms with Crippen LogP contribution in [0.2, 0.25) is 0 Å². The van der Waals surface area contributed by atoms with E-state index in [0.717, 1.165) is 11.3 Å².